The van der Waals surface area contributed by atoms with E-state index in [1.165, 1.54) is 0 Å². The number of anilines is 1. The predicted octanol–water partition coefficient (Wildman–Crippen LogP) is 1.97. The number of nitrogens with one attached hydrogen (secondary N) is 1. The molecule has 1 fully saturated rings. The van der Waals surface area contributed by atoms with E-state index in [2.05, 4.69) is 22.2 Å². The highest BCUT2D eigenvalue weighted by molar-refractivity contribution is 6.29. The molecule has 2 heterocycles. The third-order valence-corrected chi connectivity index (χ3v) is 2.89. The van der Waals surface area contributed by atoms with Gasteiger partial charge in [0.15, 0.2) is 0 Å². The van der Waals surface area contributed by atoms with Crippen LogP contribution in [0.4, 0.5) is 5.82 Å². The summed E-state index contributed by atoms with van der Waals surface area (Å²) in [5, 5.41) is 3.65. The summed E-state index contributed by atoms with van der Waals surface area (Å²) in [6.07, 6.45) is 4.62. The fraction of sp³-hybridized carbons (Fsp3) is 0.600. The number of rotatable bonds is 3. The Balaban J connectivity index is 1.85. The average Bonchev–Trinajstić information content (AvgIpc) is 2.63. The SMILES string of the molecule is CC1OCCC1CNc1cnc(Cl)cn1. The molecule has 0 aromatic carbocycles. The van der Waals surface area contributed by atoms with Gasteiger partial charge in [0.25, 0.3) is 0 Å². The van der Waals surface area contributed by atoms with Gasteiger partial charge in [0.2, 0.25) is 0 Å². The number of nitrogens with zero attached hydrogens (tertiary/aromatic N) is 2. The first-order valence-electron chi connectivity index (χ1n) is 5.09. The van der Waals surface area contributed by atoms with Gasteiger partial charge in [-0.05, 0) is 13.3 Å². The lowest BCUT2D eigenvalue weighted by Crippen LogP contribution is -2.21. The first kappa shape index (κ1) is 10.6. The van der Waals surface area contributed by atoms with Gasteiger partial charge in [0.1, 0.15) is 11.0 Å². The first-order valence-corrected chi connectivity index (χ1v) is 5.46. The molecule has 0 spiro atoms. The van der Waals surface area contributed by atoms with Gasteiger partial charge in [-0.2, -0.15) is 0 Å². The van der Waals surface area contributed by atoms with Crippen LogP contribution >= 0.6 is 11.6 Å². The quantitative estimate of drug-likeness (QED) is 0.858. The van der Waals surface area contributed by atoms with Crippen LogP contribution in [0.5, 0.6) is 0 Å². The Morgan fingerprint density at radius 1 is 1.53 bits per heavy atom. The summed E-state index contributed by atoms with van der Waals surface area (Å²) in [7, 11) is 0. The molecule has 2 rings (SSSR count). The van der Waals surface area contributed by atoms with E-state index >= 15 is 0 Å². The van der Waals surface area contributed by atoms with Crippen molar-refractivity contribution in [1.82, 2.24) is 9.97 Å². The van der Waals surface area contributed by atoms with Crippen molar-refractivity contribution in [2.45, 2.75) is 19.4 Å². The smallest absolute Gasteiger partial charge is 0.147 e. The summed E-state index contributed by atoms with van der Waals surface area (Å²) in [4.78, 5) is 8.07. The van der Waals surface area contributed by atoms with Crippen LogP contribution in [0.1, 0.15) is 13.3 Å². The maximum absolute atomic E-state index is 5.64. The van der Waals surface area contributed by atoms with E-state index < -0.39 is 0 Å². The van der Waals surface area contributed by atoms with Crippen molar-refractivity contribution in [2.24, 2.45) is 5.92 Å². The van der Waals surface area contributed by atoms with Crippen LogP contribution in [-0.2, 0) is 4.74 Å². The Morgan fingerprint density at radius 2 is 2.40 bits per heavy atom. The number of aromatic nitrogens is 2. The van der Waals surface area contributed by atoms with E-state index in [-0.39, 0.29) is 0 Å². The van der Waals surface area contributed by atoms with E-state index in [4.69, 9.17) is 16.3 Å². The van der Waals surface area contributed by atoms with Crippen LogP contribution in [0.3, 0.4) is 0 Å². The largest absolute Gasteiger partial charge is 0.378 e. The molecular weight excluding hydrogens is 214 g/mol. The van der Waals surface area contributed by atoms with Gasteiger partial charge in [0, 0.05) is 19.1 Å². The Morgan fingerprint density at radius 3 is 3.00 bits per heavy atom. The van der Waals surface area contributed by atoms with Gasteiger partial charge < -0.3 is 10.1 Å². The third-order valence-electron chi connectivity index (χ3n) is 2.70. The average molecular weight is 228 g/mol. The van der Waals surface area contributed by atoms with Crippen LogP contribution in [-0.4, -0.2) is 29.2 Å². The van der Waals surface area contributed by atoms with E-state index in [1.807, 2.05) is 0 Å². The highest BCUT2D eigenvalue weighted by atomic mass is 35.5. The summed E-state index contributed by atoms with van der Waals surface area (Å²) < 4.78 is 5.48. The summed E-state index contributed by atoms with van der Waals surface area (Å²) >= 11 is 5.64. The molecule has 5 heteroatoms. The minimum atomic E-state index is 0.331. The molecule has 1 N–H and O–H groups in total. The van der Waals surface area contributed by atoms with Crippen LogP contribution in [0.2, 0.25) is 5.15 Å². The van der Waals surface area contributed by atoms with Crippen molar-refractivity contribution in [3.63, 3.8) is 0 Å². The van der Waals surface area contributed by atoms with Crippen LogP contribution in [0.15, 0.2) is 12.4 Å². The molecule has 2 atom stereocenters. The lowest BCUT2D eigenvalue weighted by molar-refractivity contribution is 0.108. The van der Waals surface area contributed by atoms with Gasteiger partial charge in [-0.15, -0.1) is 0 Å². The second-order valence-electron chi connectivity index (χ2n) is 3.73. The molecule has 15 heavy (non-hydrogen) atoms. The Bertz CT molecular complexity index is 317. The Kier molecular flexibility index (Phi) is 3.38. The molecule has 0 amide bonds. The van der Waals surface area contributed by atoms with E-state index in [0.29, 0.717) is 17.2 Å². The highest BCUT2D eigenvalue weighted by Crippen LogP contribution is 2.20. The molecule has 2 unspecified atom stereocenters. The normalized spacial score (nSPS) is 25.5. The molecule has 1 aromatic heterocycles. The zero-order valence-corrected chi connectivity index (χ0v) is 9.37. The summed E-state index contributed by atoms with van der Waals surface area (Å²) in [6.45, 7) is 3.84. The van der Waals surface area contributed by atoms with Crippen molar-refractivity contribution >= 4 is 17.4 Å². The minimum absolute atomic E-state index is 0.331. The number of ether oxygens (including phenoxy) is 1. The summed E-state index contributed by atoms with van der Waals surface area (Å²) in [6, 6.07) is 0. The van der Waals surface area contributed by atoms with Crippen molar-refractivity contribution in [3.8, 4) is 0 Å². The lowest BCUT2D eigenvalue weighted by Gasteiger charge is -2.14. The molecule has 0 aliphatic carbocycles. The maximum atomic E-state index is 5.64. The van der Waals surface area contributed by atoms with Crippen LogP contribution < -0.4 is 5.32 Å². The van der Waals surface area contributed by atoms with Gasteiger partial charge in [-0.3, -0.25) is 0 Å². The van der Waals surface area contributed by atoms with Crippen LogP contribution in [0.25, 0.3) is 0 Å². The van der Waals surface area contributed by atoms with Gasteiger partial charge in [-0.25, -0.2) is 9.97 Å². The zero-order chi connectivity index (χ0) is 10.7. The van der Waals surface area contributed by atoms with Crippen molar-refractivity contribution in [1.29, 1.82) is 0 Å². The van der Waals surface area contributed by atoms with Crippen molar-refractivity contribution in [2.75, 3.05) is 18.5 Å². The van der Waals surface area contributed by atoms with Gasteiger partial charge in [0.05, 0.1) is 18.5 Å². The number of hydrogen-bond acceptors (Lipinski definition) is 4. The fourth-order valence-corrected chi connectivity index (χ4v) is 1.78. The second-order valence-corrected chi connectivity index (χ2v) is 4.12. The van der Waals surface area contributed by atoms with Crippen LogP contribution in [0, 0.1) is 5.92 Å². The summed E-state index contributed by atoms with van der Waals surface area (Å²) in [5.41, 5.74) is 0. The Labute approximate surface area is 94.0 Å². The lowest BCUT2D eigenvalue weighted by atomic mass is 10.0. The highest BCUT2D eigenvalue weighted by Gasteiger charge is 2.23. The maximum Gasteiger partial charge on any atom is 0.147 e. The topological polar surface area (TPSA) is 47.0 Å². The zero-order valence-electron chi connectivity index (χ0n) is 8.61. The van der Waals surface area contributed by atoms with Crippen molar-refractivity contribution < 1.29 is 4.74 Å². The van der Waals surface area contributed by atoms with Gasteiger partial charge >= 0.3 is 0 Å². The first-order chi connectivity index (χ1) is 7.25. The molecule has 1 aliphatic rings. The molecule has 1 saturated heterocycles. The molecule has 1 aliphatic heterocycles. The molecule has 1 aromatic rings. The van der Waals surface area contributed by atoms with E-state index in [0.717, 1.165) is 25.4 Å². The summed E-state index contributed by atoms with van der Waals surface area (Å²) in [5.74, 6) is 1.32. The van der Waals surface area contributed by atoms with E-state index in [9.17, 15) is 0 Å². The predicted molar refractivity (Wildman–Crippen MR) is 59.1 cm³/mol. The molecule has 82 valence electrons. The van der Waals surface area contributed by atoms with Gasteiger partial charge in [-0.1, -0.05) is 11.6 Å². The third kappa shape index (κ3) is 2.79. The number of halogens is 1. The second kappa shape index (κ2) is 4.77. The molecule has 4 nitrogen and oxygen atoms in total. The monoisotopic (exact) mass is 227 g/mol. The standard InChI is InChI=1S/C10H14ClN3O/c1-7-8(2-3-15-7)4-13-10-6-12-9(11)5-14-10/h5-8H,2-4H2,1H3,(H,13,14). The minimum Gasteiger partial charge on any atom is -0.378 e. The Hall–Kier alpha value is -0.870. The fourth-order valence-electron chi connectivity index (χ4n) is 1.68. The molecule has 0 radical (unpaired) electrons. The molecular formula is C10H14ClN3O. The van der Waals surface area contributed by atoms with E-state index in [1.54, 1.807) is 12.4 Å². The van der Waals surface area contributed by atoms with Crippen molar-refractivity contribution in [3.05, 3.63) is 17.5 Å². The molecule has 0 bridgehead atoms. The number of hydrogen-bond donors (Lipinski definition) is 1. The molecule has 0 saturated carbocycles.